The van der Waals surface area contributed by atoms with Crippen LogP contribution < -0.4 is 10.0 Å². The van der Waals surface area contributed by atoms with Crippen LogP contribution >= 0.6 is 11.3 Å². The highest BCUT2D eigenvalue weighted by atomic mass is 32.2. The Morgan fingerprint density at radius 1 is 1.47 bits per heavy atom. The number of anilines is 1. The molecular formula is C10H19N5O2S2. The Morgan fingerprint density at radius 2 is 2.26 bits per heavy atom. The zero-order chi connectivity index (χ0) is 13.9. The van der Waals surface area contributed by atoms with Gasteiger partial charge in [0.05, 0.1) is 0 Å². The van der Waals surface area contributed by atoms with E-state index in [2.05, 4.69) is 20.2 Å². The van der Waals surface area contributed by atoms with Crippen LogP contribution in [-0.4, -0.2) is 49.6 Å². The van der Waals surface area contributed by atoms with Gasteiger partial charge >= 0.3 is 10.2 Å². The SMILES string of the molecule is CNCC1CCCN(S(=O)(=O)Nc2nnc(C)s2)C1. The van der Waals surface area contributed by atoms with Crippen molar-refractivity contribution in [3.8, 4) is 0 Å². The van der Waals surface area contributed by atoms with E-state index in [1.165, 1.54) is 15.6 Å². The van der Waals surface area contributed by atoms with Gasteiger partial charge < -0.3 is 5.32 Å². The van der Waals surface area contributed by atoms with E-state index in [-0.39, 0.29) is 0 Å². The van der Waals surface area contributed by atoms with Crippen LogP contribution in [0.25, 0.3) is 0 Å². The molecule has 1 fully saturated rings. The van der Waals surface area contributed by atoms with Gasteiger partial charge in [-0.05, 0) is 39.3 Å². The molecular weight excluding hydrogens is 286 g/mol. The largest absolute Gasteiger partial charge is 0.319 e. The van der Waals surface area contributed by atoms with Crippen molar-refractivity contribution in [1.82, 2.24) is 19.8 Å². The number of rotatable bonds is 5. The molecule has 0 bridgehead atoms. The molecule has 1 aromatic rings. The van der Waals surface area contributed by atoms with Crippen LogP contribution in [0.4, 0.5) is 5.13 Å². The van der Waals surface area contributed by atoms with Crippen molar-refractivity contribution in [2.24, 2.45) is 5.92 Å². The predicted octanol–water partition coefficient (Wildman–Crippen LogP) is 0.435. The van der Waals surface area contributed by atoms with Gasteiger partial charge in [0.1, 0.15) is 5.01 Å². The van der Waals surface area contributed by atoms with Gasteiger partial charge in [-0.15, -0.1) is 10.2 Å². The molecule has 19 heavy (non-hydrogen) atoms. The van der Waals surface area contributed by atoms with Gasteiger partial charge in [0.15, 0.2) is 0 Å². The van der Waals surface area contributed by atoms with E-state index in [1.807, 2.05) is 7.05 Å². The number of nitrogens with zero attached hydrogens (tertiary/aromatic N) is 3. The van der Waals surface area contributed by atoms with Crippen LogP contribution in [0.2, 0.25) is 0 Å². The van der Waals surface area contributed by atoms with Gasteiger partial charge in [-0.25, -0.2) is 4.72 Å². The van der Waals surface area contributed by atoms with Crippen molar-refractivity contribution < 1.29 is 8.42 Å². The molecule has 1 unspecified atom stereocenters. The quantitative estimate of drug-likeness (QED) is 0.824. The predicted molar refractivity (Wildman–Crippen MR) is 75.4 cm³/mol. The van der Waals surface area contributed by atoms with Crippen molar-refractivity contribution >= 4 is 26.7 Å². The van der Waals surface area contributed by atoms with Gasteiger partial charge in [0.2, 0.25) is 5.13 Å². The monoisotopic (exact) mass is 305 g/mol. The van der Waals surface area contributed by atoms with Crippen molar-refractivity contribution in [2.45, 2.75) is 19.8 Å². The molecule has 0 aromatic carbocycles. The molecule has 108 valence electrons. The fourth-order valence-electron chi connectivity index (χ4n) is 2.21. The van der Waals surface area contributed by atoms with Crippen molar-refractivity contribution in [3.05, 3.63) is 5.01 Å². The number of aryl methyl sites for hydroxylation is 1. The fourth-order valence-corrected chi connectivity index (χ4v) is 4.31. The summed E-state index contributed by atoms with van der Waals surface area (Å²) in [4.78, 5) is 0. The molecule has 2 rings (SSSR count). The lowest BCUT2D eigenvalue weighted by Crippen LogP contribution is -2.44. The van der Waals surface area contributed by atoms with E-state index >= 15 is 0 Å². The lowest BCUT2D eigenvalue weighted by atomic mass is 10.00. The average molecular weight is 305 g/mol. The molecule has 0 saturated carbocycles. The Kier molecular flexibility index (Phi) is 4.71. The van der Waals surface area contributed by atoms with Crippen molar-refractivity contribution in [2.75, 3.05) is 31.4 Å². The van der Waals surface area contributed by atoms with Crippen LogP contribution in [0.5, 0.6) is 0 Å². The summed E-state index contributed by atoms with van der Waals surface area (Å²) in [6, 6.07) is 0. The van der Waals surface area contributed by atoms with Crippen LogP contribution in [-0.2, 0) is 10.2 Å². The first-order chi connectivity index (χ1) is 9.01. The molecule has 9 heteroatoms. The number of hydrogen-bond acceptors (Lipinski definition) is 6. The maximum atomic E-state index is 12.2. The summed E-state index contributed by atoms with van der Waals surface area (Å²) in [5.41, 5.74) is 0. The molecule has 1 aliphatic heterocycles. The normalized spacial score (nSPS) is 21.5. The second-order valence-corrected chi connectivity index (χ2v) is 7.51. The molecule has 0 amide bonds. The van der Waals surface area contributed by atoms with E-state index in [0.717, 1.165) is 24.4 Å². The van der Waals surface area contributed by atoms with E-state index < -0.39 is 10.2 Å². The molecule has 1 aliphatic rings. The van der Waals surface area contributed by atoms with Crippen LogP contribution in [0, 0.1) is 12.8 Å². The van der Waals surface area contributed by atoms with Gasteiger partial charge in [0.25, 0.3) is 0 Å². The first-order valence-corrected chi connectivity index (χ1v) is 8.49. The molecule has 0 spiro atoms. The second-order valence-electron chi connectivity index (χ2n) is 4.66. The minimum atomic E-state index is -3.51. The first kappa shape index (κ1) is 14.6. The number of aromatic nitrogens is 2. The first-order valence-electron chi connectivity index (χ1n) is 6.24. The van der Waals surface area contributed by atoms with Crippen molar-refractivity contribution in [1.29, 1.82) is 0 Å². The molecule has 1 aromatic heterocycles. The topological polar surface area (TPSA) is 87.2 Å². The Bertz CT molecular complexity index is 514. The molecule has 2 N–H and O–H groups in total. The zero-order valence-corrected chi connectivity index (χ0v) is 12.7. The summed E-state index contributed by atoms with van der Waals surface area (Å²) < 4.78 is 28.5. The Hall–Kier alpha value is -0.770. The molecule has 0 aliphatic carbocycles. The molecule has 1 atom stereocenters. The lowest BCUT2D eigenvalue weighted by molar-refractivity contribution is 0.264. The number of nitrogens with one attached hydrogen (secondary N) is 2. The van der Waals surface area contributed by atoms with Gasteiger partial charge in [-0.3, -0.25) is 0 Å². The summed E-state index contributed by atoms with van der Waals surface area (Å²) in [7, 11) is -1.63. The molecule has 2 heterocycles. The standard InChI is InChI=1S/C10H19N5O2S2/c1-8-12-13-10(18-8)14-19(16,17)15-5-3-4-9(7-15)6-11-2/h9,11H,3-7H2,1-2H3,(H,13,14). The highest BCUT2D eigenvalue weighted by Gasteiger charge is 2.29. The number of hydrogen-bond donors (Lipinski definition) is 2. The Labute approximate surface area is 117 Å². The summed E-state index contributed by atoms with van der Waals surface area (Å²) in [5, 5.41) is 11.8. The molecule has 0 radical (unpaired) electrons. The summed E-state index contributed by atoms with van der Waals surface area (Å²) in [6.07, 6.45) is 1.95. The van der Waals surface area contributed by atoms with Gasteiger partial charge in [-0.2, -0.15) is 12.7 Å². The third-order valence-electron chi connectivity index (χ3n) is 3.06. The highest BCUT2D eigenvalue weighted by Crippen LogP contribution is 2.21. The third-order valence-corrected chi connectivity index (χ3v) is 5.40. The summed E-state index contributed by atoms with van der Waals surface area (Å²) >= 11 is 1.24. The smallest absolute Gasteiger partial charge is 0.303 e. The Morgan fingerprint density at radius 3 is 2.89 bits per heavy atom. The van der Waals surface area contributed by atoms with E-state index in [4.69, 9.17) is 0 Å². The van der Waals surface area contributed by atoms with E-state index in [0.29, 0.717) is 24.1 Å². The van der Waals surface area contributed by atoms with Gasteiger partial charge in [0, 0.05) is 13.1 Å². The minimum absolute atomic E-state index is 0.327. The lowest BCUT2D eigenvalue weighted by Gasteiger charge is -2.31. The van der Waals surface area contributed by atoms with Crippen LogP contribution in [0.3, 0.4) is 0 Å². The molecule has 7 nitrogen and oxygen atoms in total. The highest BCUT2D eigenvalue weighted by molar-refractivity contribution is 7.90. The zero-order valence-electron chi connectivity index (χ0n) is 11.1. The minimum Gasteiger partial charge on any atom is -0.319 e. The average Bonchev–Trinajstić information content (AvgIpc) is 2.75. The van der Waals surface area contributed by atoms with E-state index in [1.54, 1.807) is 6.92 Å². The summed E-state index contributed by atoms with van der Waals surface area (Å²) in [5.74, 6) is 0.367. The molecule has 1 saturated heterocycles. The second kappa shape index (κ2) is 6.12. The van der Waals surface area contributed by atoms with Crippen LogP contribution in [0.15, 0.2) is 0 Å². The summed E-state index contributed by atoms with van der Waals surface area (Å²) in [6.45, 7) is 3.74. The fraction of sp³-hybridized carbons (Fsp3) is 0.800. The van der Waals surface area contributed by atoms with Gasteiger partial charge in [-0.1, -0.05) is 11.3 Å². The van der Waals surface area contributed by atoms with E-state index in [9.17, 15) is 8.42 Å². The van der Waals surface area contributed by atoms with Crippen LogP contribution in [0.1, 0.15) is 17.8 Å². The Balaban J connectivity index is 2.02. The number of piperidine rings is 1. The maximum Gasteiger partial charge on any atom is 0.303 e. The maximum absolute atomic E-state index is 12.2. The van der Waals surface area contributed by atoms with Crippen molar-refractivity contribution in [3.63, 3.8) is 0 Å². The third kappa shape index (κ3) is 3.85.